The molecule has 0 aromatic carbocycles. The summed E-state index contributed by atoms with van der Waals surface area (Å²) in [6.07, 6.45) is 6.51. The summed E-state index contributed by atoms with van der Waals surface area (Å²) in [7, 11) is -2.44. The summed E-state index contributed by atoms with van der Waals surface area (Å²) in [6.45, 7) is 25.7. The first kappa shape index (κ1) is 32.0. The Labute approximate surface area is 205 Å². The van der Waals surface area contributed by atoms with Gasteiger partial charge in [0.15, 0.2) is 8.32 Å². The van der Waals surface area contributed by atoms with Crippen LogP contribution in [0.4, 0.5) is 0 Å². The lowest BCUT2D eigenvalue weighted by atomic mass is 10.2. The van der Waals surface area contributed by atoms with Crippen LogP contribution in [0.5, 0.6) is 0 Å². The third kappa shape index (κ3) is 10.0. The van der Waals surface area contributed by atoms with Gasteiger partial charge in [0.2, 0.25) is 0 Å². The number of halogens is 1. The van der Waals surface area contributed by atoms with Crippen molar-refractivity contribution < 1.29 is 8.54 Å². The molecule has 1 unspecified atom stereocenters. The molecule has 0 aliphatic carbocycles. The maximum atomic E-state index is 7.16. The third-order valence-corrected chi connectivity index (χ3v) is 47.6. The van der Waals surface area contributed by atoms with Crippen LogP contribution in [-0.4, -0.2) is 75.3 Å². The molecule has 188 valence electrons. The smallest absolute Gasteiger partial charge is 0.303 e. The molecule has 1 aliphatic heterocycles. The standard InChI is InChI=1S/C22H54N2O2Si4.ClH/c1-22(2)21-28(8,9)29(10,11)30(25-22,26-27(5,6)7)20-16-18-23-17-14-12-13-15-19-24(3)4;/h23H,12-21H2,1-11H3;1H. The van der Waals surface area contributed by atoms with Crippen molar-refractivity contribution in [3.8, 4) is 0 Å². The summed E-state index contributed by atoms with van der Waals surface area (Å²) in [6, 6.07) is 2.47. The van der Waals surface area contributed by atoms with E-state index in [1.807, 2.05) is 0 Å². The molecule has 0 spiro atoms. The second-order valence-corrected chi connectivity index (χ2v) is 42.6. The lowest BCUT2D eigenvalue weighted by molar-refractivity contribution is 0.0909. The Morgan fingerprint density at radius 1 is 0.935 bits per heavy atom. The Balaban J connectivity index is 0.00000900. The first-order valence-corrected chi connectivity index (χ1v) is 25.9. The molecule has 31 heavy (non-hydrogen) atoms. The van der Waals surface area contributed by atoms with E-state index in [0.717, 1.165) is 13.1 Å². The van der Waals surface area contributed by atoms with Crippen LogP contribution in [0.15, 0.2) is 0 Å². The van der Waals surface area contributed by atoms with Crippen LogP contribution in [0.25, 0.3) is 0 Å². The average molecular weight is 527 g/mol. The van der Waals surface area contributed by atoms with Gasteiger partial charge < -0.3 is 18.8 Å². The van der Waals surface area contributed by atoms with Gasteiger partial charge in [0.1, 0.15) is 7.11 Å². The summed E-state index contributed by atoms with van der Waals surface area (Å²) in [4.78, 5) is 2.28. The van der Waals surface area contributed by atoms with E-state index in [0.29, 0.717) is 0 Å². The SMILES string of the molecule is CN(C)CCCCCCNCCC[Si]1(O[Si](C)(C)C)OC(C)(C)C[Si](C)(C)[Si]1(C)C.Cl. The van der Waals surface area contributed by atoms with Gasteiger partial charge in [-0.05, 0) is 98.6 Å². The highest BCUT2D eigenvalue weighted by Crippen LogP contribution is 2.47. The van der Waals surface area contributed by atoms with Crippen LogP contribution in [0.1, 0.15) is 46.0 Å². The van der Waals surface area contributed by atoms with Gasteiger partial charge in [-0.3, -0.25) is 0 Å². The van der Waals surface area contributed by atoms with Gasteiger partial charge in [-0.1, -0.05) is 39.0 Å². The van der Waals surface area contributed by atoms with E-state index in [2.05, 4.69) is 84.0 Å². The summed E-state index contributed by atoms with van der Waals surface area (Å²) in [5.41, 5.74) is -0.00982. The van der Waals surface area contributed by atoms with E-state index >= 15 is 0 Å². The molecule has 4 nitrogen and oxygen atoms in total. The zero-order valence-electron chi connectivity index (χ0n) is 22.7. The summed E-state index contributed by atoms with van der Waals surface area (Å²) < 4.78 is 14.3. The molecule has 1 N–H and O–H groups in total. The molecule has 1 fully saturated rings. The minimum atomic E-state index is -2.20. The van der Waals surface area contributed by atoms with E-state index in [4.69, 9.17) is 8.54 Å². The monoisotopic (exact) mass is 526 g/mol. The maximum Gasteiger partial charge on any atom is 0.303 e. The quantitative estimate of drug-likeness (QED) is 0.229. The highest BCUT2D eigenvalue weighted by molar-refractivity contribution is 7.67. The Morgan fingerprint density at radius 2 is 1.48 bits per heavy atom. The minimum absolute atomic E-state index is 0. The fourth-order valence-corrected chi connectivity index (χ4v) is 44.8. The van der Waals surface area contributed by atoms with Crippen molar-refractivity contribution in [2.75, 3.05) is 33.7 Å². The van der Waals surface area contributed by atoms with E-state index in [-0.39, 0.29) is 18.0 Å². The minimum Gasteiger partial charge on any atom is -0.439 e. The highest BCUT2D eigenvalue weighted by atomic mass is 35.5. The van der Waals surface area contributed by atoms with Gasteiger partial charge in [-0.15, -0.1) is 12.4 Å². The molecule has 9 heteroatoms. The molecule has 1 saturated heterocycles. The lowest BCUT2D eigenvalue weighted by Crippen LogP contribution is -2.82. The van der Waals surface area contributed by atoms with Gasteiger partial charge in [-0.2, -0.15) is 0 Å². The zero-order valence-corrected chi connectivity index (χ0v) is 27.6. The molecule has 0 aromatic heterocycles. The molecule has 0 amide bonds. The molecule has 1 aliphatic rings. The van der Waals surface area contributed by atoms with Crippen LogP contribution in [0.3, 0.4) is 0 Å². The molecular formula is C22H55ClN2O2Si4. The number of rotatable bonds is 13. The van der Waals surface area contributed by atoms with Gasteiger partial charge in [0.25, 0.3) is 0 Å². The van der Waals surface area contributed by atoms with Gasteiger partial charge in [0.05, 0.1) is 5.60 Å². The van der Waals surface area contributed by atoms with Crippen LogP contribution in [0.2, 0.25) is 57.9 Å². The van der Waals surface area contributed by atoms with Crippen molar-refractivity contribution in [2.24, 2.45) is 0 Å². The molecule has 1 heterocycles. The van der Waals surface area contributed by atoms with Gasteiger partial charge in [0, 0.05) is 7.59 Å². The number of hydrogen-bond donors (Lipinski definition) is 1. The number of nitrogens with one attached hydrogen (secondary N) is 1. The van der Waals surface area contributed by atoms with Crippen molar-refractivity contribution in [3.05, 3.63) is 0 Å². The number of hydrogen-bond acceptors (Lipinski definition) is 4. The number of nitrogens with zero attached hydrogens (tertiary/aromatic N) is 1. The Morgan fingerprint density at radius 3 is 2.03 bits per heavy atom. The van der Waals surface area contributed by atoms with Crippen molar-refractivity contribution in [1.29, 1.82) is 0 Å². The van der Waals surface area contributed by atoms with Gasteiger partial charge >= 0.3 is 8.08 Å². The summed E-state index contributed by atoms with van der Waals surface area (Å²) >= 11 is 0. The van der Waals surface area contributed by atoms with E-state index in [1.54, 1.807) is 0 Å². The molecule has 1 atom stereocenters. The summed E-state index contributed by atoms with van der Waals surface area (Å²) in [5.74, 6) is 0. The van der Waals surface area contributed by atoms with Crippen LogP contribution >= 0.6 is 12.4 Å². The fraction of sp³-hybridized carbons (Fsp3) is 1.00. The molecule has 0 bridgehead atoms. The maximum absolute atomic E-state index is 7.16. The predicted molar refractivity (Wildman–Crippen MR) is 152 cm³/mol. The molecule has 0 radical (unpaired) electrons. The largest absolute Gasteiger partial charge is 0.439 e. The van der Waals surface area contributed by atoms with Gasteiger partial charge in [-0.25, -0.2) is 0 Å². The Bertz CT molecular complexity index is 524. The lowest BCUT2D eigenvalue weighted by Gasteiger charge is -2.60. The van der Waals surface area contributed by atoms with Crippen LogP contribution in [0, 0.1) is 0 Å². The van der Waals surface area contributed by atoms with Crippen LogP contribution in [-0.2, 0) is 8.54 Å². The van der Waals surface area contributed by atoms with Crippen molar-refractivity contribution in [3.63, 3.8) is 0 Å². The Kier molecular flexibility index (Phi) is 13.0. The fourth-order valence-electron chi connectivity index (χ4n) is 5.07. The summed E-state index contributed by atoms with van der Waals surface area (Å²) in [5, 5.41) is 3.71. The first-order valence-electron chi connectivity index (χ1n) is 12.3. The third-order valence-electron chi connectivity index (χ3n) is 6.99. The highest BCUT2D eigenvalue weighted by Gasteiger charge is 2.67. The normalized spacial score (nSPS) is 24.8. The van der Waals surface area contributed by atoms with Crippen molar-refractivity contribution >= 4 is 43.5 Å². The molecule has 0 aromatic rings. The zero-order chi connectivity index (χ0) is 23.3. The second kappa shape index (κ2) is 12.6. The first-order chi connectivity index (χ1) is 13.5. The predicted octanol–water partition coefficient (Wildman–Crippen LogP) is 6.19. The van der Waals surface area contributed by atoms with Crippen LogP contribution < -0.4 is 5.32 Å². The number of unbranched alkanes of at least 4 members (excludes halogenated alkanes) is 3. The average Bonchev–Trinajstić information content (AvgIpc) is 2.51. The van der Waals surface area contributed by atoms with E-state index < -0.39 is 31.1 Å². The second-order valence-electron chi connectivity index (χ2n) is 12.6. The molecule has 0 saturated carbocycles. The topological polar surface area (TPSA) is 33.7 Å². The molecular weight excluding hydrogens is 472 g/mol. The van der Waals surface area contributed by atoms with Crippen molar-refractivity contribution in [1.82, 2.24) is 10.2 Å². The van der Waals surface area contributed by atoms with E-state index in [9.17, 15) is 0 Å². The van der Waals surface area contributed by atoms with Crippen molar-refractivity contribution in [2.45, 2.75) is 109 Å². The Hall–Kier alpha value is 0.998. The molecule has 1 rings (SSSR count). The van der Waals surface area contributed by atoms with E-state index in [1.165, 1.54) is 50.7 Å².